The molecule has 3 N–H and O–H groups in total. The molecule has 1 aliphatic heterocycles. The molecule has 1 aliphatic rings. The largest absolute Gasteiger partial charge is 0.453 e. The molecule has 8 nitrogen and oxygen atoms in total. The summed E-state index contributed by atoms with van der Waals surface area (Å²) in [5.41, 5.74) is -0.174. The molecule has 0 spiro atoms. The second-order valence-electron chi connectivity index (χ2n) is 9.11. The molecule has 1 saturated heterocycles. The third kappa shape index (κ3) is 8.15. The van der Waals surface area contributed by atoms with Gasteiger partial charge in [-0.05, 0) is 11.0 Å². The Morgan fingerprint density at radius 2 is 2.00 bits per heavy atom. The highest BCUT2D eigenvalue weighted by molar-refractivity contribution is 6.41. The first-order valence-corrected chi connectivity index (χ1v) is 10.5. The molecule has 0 unspecified atom stereocenters. The normalized spacial score (nSPS) is 18.9. The monoisotopic (exact) mass is 463 g/mol. The summed E-state index contributed by atoms with van der Waals surface area (Å²) in [6, 6.07) is 8.39. The van der Waals surface area contributed by atoms with E-state index in [1.165, 1.54) is 6.08 Å². The highest BCUT2D eigenvalue weighted by Gasteiger charge is 2.48. The van der Waals surface area contributed by atoms with Gasteiger partial charge in [-0.2, -0.15) is 5.26 Å². The number of halogens is 2. The van der Waals surface area contributed by atoms with E-state index >= 15 is 0 Å². The van der Waals surface area contributed by atoms with Crippen molar-refractivity contribution < 1.29 is 33.2 Å². The van der Waals surface area contributed by atoms with Crippen molar-refractivity contribution in [3.63, 3.8) is 0 Å². The van der Waals surface area contributed by atoms with Crippen LogP contribution in [0.4, 0.5) is 13.6 Å². The number of carbonyl (C=O) groups is 2. The number of likely N-dealkylation sites (tertiary alicyclic amines) is 1. The van der Waals surface area contributed by atoms with Crippen LogP contribution in [-0.4, -0.2) is 59.2 Å². The Labute approximate surface area is 192 Å². The van der Waals surface area contributed by atoms with Crippen molar-refractivity contribution in [2.24, 2.45) is 5.41 Å². The smallest absolute Gasteiger partial charge is 0.447 e. The number of nitrogens with one attached hydrogen (secondary N) is 1. The quantitative estimate of drug-likeness (QED) is 0.325. The topological polar surface area (TPSA) is 123 Å². The van der Waals surface area contributed by atoms with Gasteiger partial charge in [0.2, 0.25) is 0 Å². The summed E-state index contributed by atoms with van der Waals surface area (Å²) in [4.78, 5) is 26.0. The van der Waals surface area contributed by atoms with Crippen LogP contribution in [0.15, 0.2) is 42.0 Å². The van der Waals surface area contributed by atoms with Crippen molar-refractivity contribution in [2.45, 2.75) is 51.5 Å². The van der Waals surface area contributed by atoms with E-state index in [-0.39, 0.29) is 11.9 Å². The third-order valence-corrected chi connectivity index (χ3v) is 4.91. The van der Waals surface area contributed by atoms with E-state index in [0.29, 0.717) is 5.56 Å². The first-order chi connectivity index (χ1) is 15.3. The molecule has 1 aromatic rings. The van der Waals surface area contributed by atoms with E-state index in [1.54, 1.807) is 57.2 Å². The first kappa shape index (κ1) is 26.3. The summed E-state index contributed by atoms with van der Waals surface area (Å²) < 4.78 is 33.3. The van der Waals surface area contributed by atoms with Crippen LogP contribution >= 0.6 is 0 Å². The summed E-state index contributed by atoms with van der Waals surface area (Å²) in [7, 11) is -1.70. The predicted molar refractivity (Wildman–Crippen MR) is 117 cm³/mol. The van der Waals surface area contributed by atoms with Gasteiger partial charge in [0.1, 0.15) is 18.2 Å². The number of alkyl halides is 2. The van der Waals surface area contributed by atoms with Gasteiger partial charge in [-0.3, -0.25) is 4.79 Å². The van der Waals surface area contributed by atoms with Crippen LogP contribution in [-0.2, 0) is 9.53 Å². The number of nitriles is 1. The van der Waals surface area contributed by atoms with Gasteiger partial charge in [-0.15, -0.1) is 0 Å². The zero-order valence-electron chi connectivity index (χ0n) is 18.8. The van der Waals surface area contributed by atoms with E-state index in [2.05, 4.69) is 5.32 Å². The number of nitrogens with zero attached hydrogens (tertiary/aromatic N) is 2. The molecule has 2 rings (SSSR count). The molecule has 1 heterocycles. The number of benzene rings is 1. The van der Waals surface area contributed by atoms with Crippen LogP contribution in [0.25, 0.3) is 0 Å². The molecule has 1 aromatic carbocycles. The molecule has 1 fully saturated rings. The second kappa shape index (κ2) is 10.8. The average Bonchev–Trinajstić information content (AvgIpc) is 3.03. The molecule has 0 bridgehead atoms. The molecule has 2 amide bonds. The lowest BCUT2D eigenvalue weighted by Gasteiger charge is -2.25. The third-order valence-electron chi connectivity index (χ3n) is 4.91. The average molecular weight is 463 g/mol. The van der Waals surface area contributed by atoms with Crippen LogP contribution in [0, 0.1) is 16.7 Å². The fourth-order valence-corrected chi connectivity index (χ4v) is 3.54. The number of carbonyl (C=O) groups excluding carboxylic acids is 2. The van der Waals surface area contributed by atoms with Crippen molar-refractivity contribution >= 4 is 19.1 Å². The minimum Gasteiger partial charge on any atom is -0.447 e. The summed E-state index contributed by atoms with van der Waals surface area (Å²) in [5.74, 6) is -4.03. The molecule has 0 aromatic heterocycles. The molecule has 0 radical (unpaired) electrons. The van der Waals surface area contributed by atoms with Crippen LogP contribution in [0.3, 0.4) is 0 Å². The Balaban J connectivity index is 2.09. The molecule has 11 heteroatoms. The molecule has 2 atom stereocenters. The van der Waals surface area contributed by atoms with E-state index in [9.17, 15) is 33.7 Å². The van der Waals surface area contributed by atoms with Gasteiger partial charge in [0, 0.05) is 12.7 Å². The van der Waals surface area contributed by atoms with Gasteiger partial charge in [-0.25, -0.2) is 13.6 Å². The fraction of sp³-hybridized carbons (Fsp3) is 0.500. The molecule has 0 saturated carbocycles. The van der Waals surface area contributed by atoms with Gasteiger partial charge in [0.25, 0.3) is 11.8 Å². The van der Waals surface area contributed by atoms with E-state index in [4.69, 9.17) is 4.74 Å². The number of rotatable bonds is 7. The van der Waals surface area contributed by atoms with Crippen molar-refractivity contribution in [3.05, 3.63) is 47.5 Å². The predicted octanol–water partition coefficient (Wildman–Crippen LogP) is 2.66. The zero-order valence-corrected chi connectivity index (χ0v) is 18.8. The van der Waals surface area contributed by atoms with Crippen LogP contribution < -0.4 is 5.32 Å². The number of amides is 2. The SMILES string of the molecule is CC(C)(C)/C=C(\C#N)C(=O)N1CC(F)(F)C[C@@H]1COC(=O)N[C@H](CB(O)O)c1ccccc1. The lowest BCUT2D eigenvalue weighted by molar-refractivity contribution is -0.129. The lowest BCUT2D eigenvalue weighted by atomic mass is 9.79. The summed E-state index contributed by atoms with van der Waals surface area (Å²) in [6.45, 7) is 3.92. The number of hydrogen-bond acceptors (Lipinski definition) is 6. The van der Waals surface area contributed by atoms with Gasteiger partial charge < -0.3 is 25.0 Å². The number of ether oxygens (including phenoxy) is 1. The summed E-state index contributed by atoms with van der Waals surface area (Å²) in [5, 5.41) is 30.5. The maximum Gasteiger partial charge on any atom is 0.453 e. The summed E-state index contributed by atoms with van der Waals surface area (Å²) in [6.07, 6.45) is -0.467. The van der Waals surface area contributed by atoms with Crippen molar-refractivity contribution in [3.8, 4) is 6.07 Å². The molecular weight excluding hydrogens is 435 g/mol. The minimum absolute atomic E-state index is 0.214. The summed E-state index contributed by atoms with van der Waals surface area (Å²) >= 11 is 0. The molecule has 33 heavy (non-hydrogen) atoms. The highest BCUT2D eigenvalue weighted by atomic mass is 19.3. The van der Waals surface area contributed by atoms with Gasteiger partial charge in [0.05, 0.1) is 18.6 Å². The van der Waals surface area contributed by atoms with E-state index in [1.807, 2.05) is 0 Å². The minimum atomic E-state index is -3.18. The maximum atomic E-state index is 14.1. The molecular formula is C22H28BF2N3O5. The Hall–Kier alpha value is -2.97. The Morgan fingerprint density at radius 3 is 2.55 bits per heavy atom. The number of alkyl carbamates (subject to hydrolysis) is 1. The molecule has 178 valence electrons. The van der Waals surface area contributed by atoms with Crippen molar-refractivity contribution in [1.82, 2.24) is 10.2 Å². The lowest BCUT2D eigenvalue weighted by Crippen LogP contribution is -2.41. The van der Waals surface area contributed by atoms with Gasteiger partial charge in [-0.1, -0.05) is 57.2 Å². The Kier molecular flexibility index (Phi) is 8.58. The second-order valence-corrected chi connectivity index (χ2v) is 9.11. The van der Waals surface area contributed by atoms with Gasteiger partial charge in [0.15, 0.2) is 0 Å². The van der Waals surface area contributed by atoms with E-state index < -0.39 is 62.1 Å². The maximum absolute atomic E-state index is 14.1. The van der Waals surface area contributed by atoms with Crippen LogP contribution in [0.1, 0.15) is 38.8 Å². The van der Waals surface area contributed by atoms with Crippen molar-refractivity contribution in [2.75, 3.05) is 13.2 Å². The Bertz CT molecular complexity index is 913. The molecule has 0 aliphatic carbocycles. The fourth-order valence-electron chi connectivity index (χ4n) is 3.54. The van der Waals surface area contributed by atoms with Crippen molar-refractivity contribution in [1.29, 1.82) is 5.26 Å². The number of allylic oxidation sites excluding steroid dienone is 1. The highest BCUT2D eigenvalue weighted by Crippen LogP contribution is 2.33. The van der Waals surface area contributed by atoms with E-state index in [0.717, 1.165) is 4.90 Å². The number of hydrogen-bond donors (Lipinski definition) is 3. The van der Waals surface area contributed by atoms with Gasteiger partial charge >= 0.3 is 13.2 Å². The van der Waals surface area contributed by atoms with Crippen LogP contribution in [0.5, 0.6) is 0 Å². The standard InChI is InChI=1S/C22H28BF2N3O5/c1-21(2,3)9-16(12-26)19(29)28-14-22(24,25)10-17(28)13-33-20(30)27-18(11-23(31)32)15-7-5-4-6-8-15/h4-9,17-18,31-32H,10-11,13-14H2,1-3H3,(H,27,30)/b16-9+/t17-,18-/m1/s1. The first-order valence-electron chi connectivity index (χ1n) is 10.5. The zero-order chi connectivity index (χ0) is 24.8. The van der Waals surface area contributed by atoms with Crippen LogP contribution in [0.2, 0.25) is 6.32 Å². The Morgan fingerprint density at radius 1 is 1.36 bits per heavy atom.